The Morgan fingerprint density at radius 3 is 1.94 bits per heavy atom. The number of likely N-dealkylation sites (tertiary alicyclic amines) is 1. The van der Waals surface area contributed by atoms with E-state index in [-0.39, 0.29) is 49.6 Å². The zero-order valence-electron chi connectivity index (χ0n) is 30.8. The Kier molecular flexibility index (Phi) is 10.7. The molecule has 1 N–H and O–H groups in total. The van der Waals surface area contributed by atoms with E-state index in [1.165, 1.54) is 11.1 Å². The maximum atomic E-state index is 14.2. The van der Waals surface area contributed by atoms with Gasteiger partial charge in [-0.3, -0.25) is 4.90 Å². The minimum absolute atomic E-state index is 0.0439. The highest BCUT2D eigenvalue weighted by Crippen LogP contribution is 2.45. The molecule has 0 saturated carbocycles. The van der Waals surface area contributed by atoms with Crippen LogP contribution in [0.25, 0.3) is 11.1 Å². The number of fused-ring (bicyclic) bond motifs is 4. The van der Waals surface area contributed by atoms with Crippen LogP contribution in [-0.4, -0.2) is 80.7 Å². The van der Waals surface area contributed by atoms with Crippen LogP contribution < -0.4 is 0 Å². The van der Waals surface area contributed by atoms with Gasteiger partial charge in [-0.05, 0) is 51.5 Å². The van der Waals surface area contributed by atoms with Crippen molar-refractivity contribution in [2.45, 2.75) is 94.6 Å². The number of hydrogen-bond acceptors (Lipinski definition) is 7. The summed E-state index contributed by atoms with van der Waals surface area (Å²) < 4.78 is 32.3. The summed E-state index contributed by atoms with van der Waals surface area (Å²) in [5, 5.41) is 12.0. The average Bonchev–Trinajstić information content (AvgIpc) is 3.70. The van der Waals surface area contributed by atoms with Gasteiger partial charge in [-0.1, -0.05) is 130 Å². The number of aliphatic hydroxyl groups is 1. The van der Waals surface area contributed by atoms with Crippen LogP contribution in [0, 0.1) is 0 Å². The number of rotatable bonds is 14. The molecule has 4 aromatic rings. The third-order valence-corrected chi connectivity index (χ3v) is 15.8. The fraction of sp³-hybridized carbons (Fsp3) is 0.419. The van der Waals surface area contributed by atoms with Crippen molar-refractivity contribution in [3.05, 3.63) is 131 Å². The highest BCUT2D eigenvalue weighted by Gasteiger charge is 2.61. The molecule has 52 heavy (non-hydrogen) atoms. The first kappa shape index (κ1) is 36.5. The maximum absolute atomic E-state index is 14.2. The molecule has 9 heteroatoms. The van der Waals surface area contributed by atoms with Crippen LogP contribution >= 0.6 is 0 Å². The fourth-order valence-corrected chi connectivity index (χ4v) is 8.31. The van der Waals surface area contributed by atoms with E-state index in [1.807, 2.05) is 84.9 Å². The van der Waals surface area contributed by atoms with Crippen LogP contribution in [0.15, 0.2) is 109 Å². The molecule has 3 aliphatic rings. The van der Waals surface area contributed by atoms with Crippen molar-refractivity contribution in [2.75, 3.05) is 19.8 Å². The molecule has 7 rings (SSSR count). The fourth-order valence-electron chi connectivity index (χ4n) is 7.29. The predicted octanol–water partition coefficient (Wildman–Crippen LogP) is 7.94. The molecule has 0 radical (unpaired) electrons. The monoisotopic (exact) mass is 721 g/mol. The lowest BCUT2D eigenvalue weighted by Gasteiger charge is -2.40. The van der Waals surface area contributed by atoms with Gasteiger partial charge < -0.3 is 28.5 Å². The van der Waals surface area contributed by atoms with Gasteiger partial charge in [-0.15, -0.1) is 0 Å². The Balaban J connectivity index is 1.16. The average molecular weight is 722 g/mol. The van der Waals surface area contributed by atoms with E-state index in [4.69, 9.17) is 23.4 Å². The first-order valence-electron chi connectivity index (χ1n) is 18.4. The molecule has 0 unspecified atom stereocenters. The van der Waals surface area contributed by atoms with E-state index >= 15 is 0 Å². The molecular weight excluding hydrogens is 671 g/mol. The van der Waals surface area contributed by atoms with E-state index in [0.717, 1.165) is 22.3 Å². The number of epoxide rings is 1. The topological polar surface area (TPSA) is 90.0 Å². The summed E-state index contributed by atoms with van der Waals surface area (Å²) >= 11 is 0. The second-order valence-corrected chi connectivity index (χ2v) is 20.6. The largest absolute Gasteiger partial charge is 0.448 e. The summed E-state index contributed by atoms with van der Waals surface area (Å²) in [5.74, 6) is -0.0652. The lowest BCUT2D eigenvalue weighted by atomic mass is 9.97. The van der Waals surface area contributed by atoms with Crippen molar-refractivity contribution in [3.63, 3.8) is 0 Å². The number of carbonyl (C=O) groups is 1. The van der Waals surface area contributed by atoms with Gasteiger partial charge in [0.15, 0.2) is 8.32 Å². The van der Waals surface area contributed by atoms with Crippen molar-refractivity contribution in [1.82, 2.24) is 4.90 Å². The van der Waals surface area contributed by atoms with Crippen LogP contribution in [-0.2, 0) is 36.6 Å². The molecule has 1 amide bonds. The summed E-state index contributed by atoms with van der Waals surface area (Å²) in [7, 11) is -2.21. The lowest BCUT2D eigenvalue weighted by Crippen LogP contribution is -2.57. The standard InChI is InChI=1S/C43H51NO7Si/c1-43(2,3)52(4,5)50-28-36(45)39(47-25-29-16-8-6-9-17-29)41(48-26-30-18-10-7-11-19-30)38-40-37(51-40)24-44(38)42(46)49-27-35-33-22-14-12-20-31(33)32-21-13-15-23-34(32)35/h6-23,35-41,45H,24-28H2,1-5H3/t36-,37+,38+,39+,40+,41+/m0/s1. The van der Waals surface area contributed by atoms with Gasteiger partial charge in [-0.25, -0.2) is 4.79 Å². The molecular formula is C43H51NO7Si. The Morgan fingerprint density at radius 1 is 0.827 bits per heavy atom. The second-order valence-electron chi connectivity index (χ2n) is 15.7. The molecule has 0 aromatic heterocycles. The summed E-state index contributed by atoms with van der Waals surface area (Å²) in [6.45, 7) is 12.0. The predicted molar refractivity (Wildman–Crippen MR) is 203 cm³/mol. The highest BCUT2D eigenvalue weighted by molar-refractivity contribution is 6.74. The molecule has 2 fully saturated rings. The van der Waals surface area contributed by atoms with E-state index in [0.29, 0.717) is 6.54 Å². The van der Waals surface area contributed by atoms with Crippen molar-refractivity contribution < 1.29 is 33.3 Å². The zero-order valence-corrected chi connectivity index (χ0v) is 31.8. The lowest BCUT2D eigenvalue weighted by molar-refractivity contribution is -0.160. The highest BCUT2D eigenvalue weighted by atomic mass is 28.4. The number of ether oxygens (including phenoxy) is 4. The van der Waals surface area contributed by atoms with Gasteiger partial charge >= 0.3 is 6.09 Å². The molecule has 2 saturated heterocycles. The number of amides is 1. The Hall–Kier alpha value is -3.83. The quantitative estimate of drug-likeness (QED) is 0.105. The van der Waals surface area contributed by atoms with Crippen LogP contribution in [0.3, 0.4) is 0 Å². The SMILES string of the molecule is CC(C)(C)[Si](C)(C)OC[C@H](O)[C@@H](OCc1ccccc1)[C@H](OCc1ccccc1)[C@H]1[C@@H]2O[C@@H]2CN1C(=O)OCC1c2ccccc2-c2ccccc21. The van der Waals surface area contributed by atoms with Gasteiger partial charge in [0.05, 0.1) is 32.4 Å². The summed E-state index contributed by atoms with van der Waals surface area (Å²) in [5.41, 5.74) is 6.60. The van der Waals surface area contributed by atoms with Crippen LogP contribution in [0.4, 0.5) is 4.79 Å². The zero-order chi connectivity index (χ0) is 36.5. The molecule has 0 spiro atoms. The normalized spacial score (nSPS) is 21.2. The van der Waals surface area contributed by atoms with Crippen LogP contribution in [0.5, 0.6) is 0 Å². The Labute approximate surface area is 308 Å². The van der Waals surface area contributed by atoms with Crippen LogP contribution in [0.1, 0.15) is 48.9 Å². The van der Waals surface area contributed by atoms with E-state index in [9.17, 15) is 9.90 Å². The number of benzene rings is 4. The number of hydrogen-bond donors (Lipinski definition) is 1. The molecule has 274 valence electrons. The van der Waals surface area contributed by atoms with Gasteiger partial charge in [0, 0.05) is 5.92 Å². The number of nitrogens with zero attached hydrogens (tertiary/aromatic N) is 1. The third kappa shape index (κ3) is 7.76. The minimum atomic E-state index is -2.21. The Bertz CT molecular complexity index is 1770. The number of carbonyl (C=O) groups excluding carboxylic acids is 1. The summed E-state index contributed by atoms with van der Waals surface area (Å²) in [6, 6.07) is 35.9. The number of morpholine rings is 1. The van der Waals surface area contributed by atoms with Crippen molar-refractivity contribution in [1.29, 1.82) is 0 Å². The molecule has 2 aliphatic heterocycles. The van der Waals surface area contributed by atoms with Crippen molar-refractivity contribution in [2.24, 2.45) is 0 Å². The van der Waals surface area contributed by atoms with Crippen molar-refractivity contribution in [3.8, 4) is 11.1 Å². The molecule has 1 aliphatic carbocycles. The van der Waals surface area contributed by atoms with Gasteiger partial charge in [0.25, 0.3) is 0 Å². The molecule has 4 aromatic carbocycles. The third-order valence-electron chi connectivity index (χ3n) is 11.3. The smallest absolute Gasteiger partial charge is 0.410 e. The molecule has 2 heterocycles. The second kappa shape index (κ2) is 15.3. The van der Waals surface area contributed by atoms with E-state index in [2.05, 4.69) is 58.1 Å². The van der Waals surface area contributed by atoms with Gasteiger partial charge in [0.1, 0.15) is 37.1 Å². The molecule has 0 bridgehead atoms. The number of aliphatic hydroxyl groups excluding tert-OH is 1. The van der Waals surface area contributed by atoms with Crippen LogP contribution in [0.2, 0.25) is 18.1 Å². The summed E-state index contributed by atoms with van der Waals surface area (Å²) in [4.78, 5) is 15.9. The molecule has 8 nitrogen and oxygen atoms in total. The van der Waals surface area contributed by atoms with Gasteiger partial charge in [-0.2, -0.15) is 0 Å². The van der Waals surface area contributed by atoms with E-state index < -0.39 is 38.8 Å². The summed E-state index contributed by atoms with van der Waals surface area (Å²) in [6.07, 6.45) is -3.46. The van der Waals surface area contributed by atoms with Crippen molar-refractivity contribution >= 4 is 14.4 Å². The first-order valence-corrected chi connectivity index (χ1v) is 21.3. The first-order chi connectivity index (χ1) is 25.0. The van der Waals surface area contributed by atoms with Gasteiger partial charge in [0.2, 0.25) is 0 Å². The maximum Gasteiger partial charge on any atom is 0.410 e. The molecule has 6 atom stereocenters. The minimum Gasteiger partial charge on any atom is -0.448 e. The van der Waals surface area contributed by atoms with E-state index in [1.54, 1.807) is 4.90 Å². The Morgan fingerprint density at radius 2 is 1.37 bits per heavy atom.